The van der Waals surface area contributed by atoms with E-state index in [9.17, 15) is 19.5 Å². The van der Waals surface area contributed by atoms with E-state index in [1.807, 2.05) is 0 Å². The van der Waals surface area contributed by atoms with Crippen molar-refractivity contribution in [3.05, 3.63) is 59.2 Å². The van der Waals surface area contributed by atoms with Gasteiger partial charge in [-0.1, -0.05) is 18.2 Å². The maximum atomic E-state index is 12.4. The van der Waals surface area contributed by atoms with Gasteiger partial charge in [-0.2, -0.15) is 0 Å². The van der Waals surface area contributed by atoms with Crippen LogP contribution >= 0.6 is 0 Å². The van der Waals surface area contributed by atoms with Gasteiger partial charge in [0.15, 0.2) is 5.58 Å². The van der Waals surface area contributed by atoms with Gasteiger partial charge in [0.05, 0.1) is 0 Å². The second kappa shape index (κ2) is 11.6. The molecule has 1 aromatic carbocycles. The first-order valence-electron chi connectivity index (χ1n) is 12.1. The highest BCUT2D eigenvalue weighted by molar-refractivity contribution is 5.94. The summed E-state index contributed by atoms with van der Waals surface area (Å²) in [6.07, 6.45) is 7.44. The van der Waals surface area contributed by atoms with Crippen LogP contribution in [0.15, 0.2) is 40.8 Å². The minimum absolute atomic E-state index is 0.0477. The van der Waals surface area contributed by atoms with Crippen molar-refractivity contribution in [3.63, 3.8) is 0 Å². The van der Waals surface area contributed by atoms with Crippen LogP contribution in [0.4, 0.5) is 0 Å². The van der Waals surface area contributed by atoms with Crippen molar-refractivity contribution in [1.29, 1.82) is 0 Å². The number of fused-ring (bicyclic) bond motifs is 2. The Kier molecular flexibility index (Phi) is 8.07. The van der Waals surface area contributed by atoms with Crippen LogP contribution in [0, 0.1) is 0 Å². The molecular weight excluding hydrogens is 448 g/mol. The van der Waals surface area contributed by atoms with Gasteiger partial charge in [-0.05, 0) is 75.1 Å². The Labute approximate surface area is 203 Å². The maximum absolute atomic E-state index is 12.4. The smallest absolute Gasteiger partial charge is 0.326 e. The molecule has 184 valence electrons. The van der Waals surface area contributed by atoms with Crippen LogP contribution < -0.4 is 10.6 Å². The largest absolute Gasteiger partial charge is 0.480 e. The van der Waals surface area contributed by atoms with Gasteiger partial charge in [0.1, 0.15) is 11.6 Å². The summed E-state index contributed by atoms with van der Waals surface area (Å²) in [6.45, 7) is 0.135. The molecule has 0 radical (unpaired) electrons. The molecule has 0 saturated carbocycles. The predicted molar refractivity (Wildman–Crippen MR) is 129 cm³/mol. The molecule has 2 amide bonds. The lowest BCUT2D eigenvalue weighted by Gasteiger charge is -2.15. The van der Waals surface area contributed by atoms with Gasteiger partial charge in [0, 0.05) is 24.4 Å². The molecule has 1 atom stereocenters. The normalized spacial score (nSPS) is 13.7. The number of nitrogens with zero attached hydrogens (tertiary/aromatic N) is 2. The molecule has 1 aliphatic rings. The Hall–Kier alpha value is -3.75. The number of carboxylic acids is 1. The highest BCUT2D eigenvalue weighted by atomic mass is 16.4. The number of carbonyl (C=O) groups is 3. The Morgan fingerprint density at radius 1 is 1.03 bits per heavy atom. The second-order valence-corrected chi connectivity index (χ2v) is 8.81. The molecule has 1 aliphatic carbocycles. The summed E-state index contributed by atoms with van der Waals surface area (Å²) in [6, 6.07) is 9.99. The van der Waals surface area contributed by atoms with Gasteiger partial charge < -0.3 is 20.2 Å². The summed E-state index contributed by atoms with van der Waals surface area (Å²) in [7, 11) is 0. The first-order chi connectivity index (χ1) is 17.0. The summed E-state index contributed by atoms with van der Waals surface area (Å²) in [4.78, 5) is 44.9. The van der Waals surface area contributed by atoms with Crippen LogP contribution in [-0.4, -0.2) is 45.4 Å². The Morgan fingerprint density at radius 2 is 1.86 bits per heavy atom. The van der Waals surface area contributed by atoms with E-state index in [0.29, 0.717) is 17.5 Å². The predicted octanol–water partition coefficient (Wildman–Crippen LogP) is 3.20. The molecule has 9 nitrogen and oxygen atoms in total. The van der Waals surface area contributed by atoms with Gasteiger partial charge >= 0.3 is 11.9 Å². The Morgan fingerprint density at radius 3 is 2.69 bits per heavy atom. The third-order valence-electron chi connectivity index (χ3n) is 6.17. The van der Waals surface area contributed by atoms with Crippen LogP contribution in [0.5, 0.6) is 0 Å². The number of carboxylic acid groups (broad SMARTS) is 1. The average molecular weight is 479 g/mol. The topological polar surface area (TPSA) is 134 Å². The first-order valence-corrected chi connectivity index (χ1v) is 12.1. The minimum Gasteiger partial charge on any atom is -0.480 e. The summed E-state index contributed by atoms with van der Waals surface area (Å²) in [5, 5.41) is 14.6. The molecule has 4 rings (SSSR count). The molecule has 0 saturated heterocycles. The zero-order valence-corrected chi connectivity index (χ0v) is 19.6. The highest BCUT2D eigenvalue weighted by Crippen LogP contribution is 2.20. The number of benzene rings is 1. The number of aliphatic carboxylic acids is 1. The van der Waals surface area contributed by atoms with E-state index in [4.69, 9.17) is 9.40 Å². The molecule has 2 heterocycles. The zero-order valence-electron chi connectivity index (χ0n) is 19.6. The van der Waals surface area contributed by atoms with Crippen molar-refractivity contribution in [2.75, 3.05) is 6.54 Å². The molecule has 9 heteroatoms. The van der Waals surface area contributed by atoms with E-state index in [1.54, 1.807) is 24.3 Å². The fourth-order valence-corrected chi connectivity index (χ4v) is 4.25. The van der Waals surface area contributed by atoms with Crippen molar-refractivity contribution in [2.24, 2.45) is 0 Å². The van der Waals surface area contributed by atoms with Gasteiger partial charge in [0.2, 0.25) is 5.91 Å². The number of nitrogens with one attached hydrogen (secondary N) is 2. The number of aryl methyl sites for hydroxylation is 3. The number of para-hydroxylation sites is 2. The van der Waals surface area contributed by atoms with Crippen molar-refractivity contribution in [1.82, 2.24) is 20.6 Å². The zero-order chi connectivity index (χ0) is 24.6. The summed E-state index contributed by atoms with van der Waals surface area (Å²) >= 11 is 0. The number of aromatic nitrogens is 2. The molecule has 0 aliphatic heterocycles. The van der Waals surface area contributed by atoms with E-state index >= 15 is 0 Å². The fourth-order valence-electron chi connectivity index (χ4n) is 4.25. The fraction of sp³-hybridized carbons (Fsp3) is 0.423. The molecule has 0 bridgehead atoms. The van der Waals surface area contributed by atoms with E-state index in [-0.39, 0.29) is 24.8 Å². The van der Waals surface area contributed by atoms with Gasteiger partial charge in [-0.3, -0.25) is 14.6 Å². The van der Waals surface area contributed by atoms with E-state index in [1.165, 1.54) is 24.1 Å². The number of pyridine rings is 1. The van der Waals surface area contributed by atoms with Crippen molar-refractivity contribution >= 4 is 28.9 Å². The monoisotopic (exact) mass is 478 g/mol. The summed E-state index contributed by atoms with van der Waals surface area (Å²) < 4.78 is 5.38. The van der Waals surface area contributed by atoms with Gasteiger partial charge in [-0.25, -0.2) is 9.78 Å². The standard InChI is InChI=1S/C26H30N4O5/c31-23(12-6-2-8-18-14-13-17-7-1-3-9-19(17)28-18)27-16-15-21(26(33)34)29-24(32)25-30-20-10-4-5-11-22(20)35-25/h4-5,10-11,13-14,21H,1-3,6-9,12,15-16H2,(H,27,31)(H,29,32)(H,33,34)/t21-/m0/s1. The highest BCUT2D eigenvalue weighted by Gasteiger charge is 2.23. The lowest BCUT2D eigenvalue weighted by Crippen LogP contribution is -2.43. The molecule has 35 heavy (non-hydrogen) atoms. The van der Waals surface area contributed by atoms with Crippen LogP contribution in [-0.2, 0) is 28.9 Å². The summed E-state index contributed by atoms with van der Waals surface area (Å²) in [5.74, 6) is -2.25. The molecule has 3 aromatic rings. The van der Waals surface area contributed by atoms with Gasteiger partial charge in [0.25, 0.3) is 5.89 Å². The van der Waals surface area contributed by atoms with E-state index < -0.39 is 17.9 Å². The van der Waals surface area contributed by atoms with Crippen LogP contribution in [0.3, 0.4) is 0 Å². The lowest BCUT2D eigenvalue weighted by molar-refractivity contribution is -0.139. The number of hydrogen-bond acceptors (Lipinski definition) is 6. The quantitative estimate of drug-likeness (QED) is 0.360. The van der Waals surface area contributed by atoms with Crippen molar-refractivity contribution < 1.29 is 23.9 Å². The van der Waals surface area contributed by atoms with E-state index in [2.05, 4.69) is 27.8 Å². The third-order valence-corrected chi connectivity index (χ3v) is 6.17. The molecule has 0 fully saturated rings. The number of rotatable bonds is 11. The Balaban J connectivity index is 1.16. The van der Waals surface area contributed by atoms with Gasteiger partial charge in [-0.15, -0.1) is 0 Å². The average Bonchev–Trinajstić information content (AvgIpc) is 3.30. The third kappa shape index (κ3) is 6.65. The number of carbonyl (C=O) groups excluding carboxylic acids is 2. The summed E-state index contributed by atoms with van der Waals surface area (Å²) in [5.41, 5.74) is 4.62. The molecule has 0 spiro atoms. The Bertz CT molecular complexity index is 1170. The van der Waals surface area contributed by atoms with Crippen molar-refractivity contribution in [3.8, 4) is 0 Å². The molecule has 0 unspecified atom stereocenters. The molecule has 3 N–H and O–H groups in total. The SMILES string of the molecule is O=C(CCCCc1ccc2c(n1)CCCC2)NCC[C@H](NC(=O)c1nc2ccccc2o1)C(=O)O. The minimum atomic E-state index is -1.19. The van der Waals surface area contributed by atoms with Crippen LogP contribution in [0.1, 0.15) is 66.2 Å². The number of unbranched alkanes of at least 4 members (excludes halogenated alkanes) is 1. The van der Waals surface area contributed by atoms with Crippen LogP contribution in [0.25, 0.3) is 11.1 Å². The lowest BCUT2D eigenvalue weighted by atomic mass is 9.95. The van der Waals surface area contributed by atoms with Crippen molar-refractivity contribution in [2.45, 2.75) is 63.8 Å². The maximum Gasteiger partial charge on any atom is 0.326 e. The van der Waals surface area contributed by atoms with Crippen LogP contribution in [0.2, 0.25) is 0 Å². The van der Waals surface area contributed by atoms with E-state index in [0.717, 1.165) is 37.8 Å². The second-order valence-electron chi connectivity index (χ2n) is 8.81. The number of hydrogen-bond donors (Lipinski definition) is 3. The number of oxazole rings is 1. The number of amides is 2. The molecule has 2 aromatic heterocycles. The first kappa shape index (κ1) is 24.4. The molecular formula is C26H30N4O5.